The lowest BCUT2D eigenvalue weighted by atomic mass is 10.0. The second-order valence-corrected chi connectivity index (χ2v) is 4.15. The summed E-state index contributed by atoms with van der Waals surface area (Å²) in [5.41, 5.74) is 1.43. The normalized spacial score (nSPS) is 9.62. The van der Waals surface area contributed by atoms with Crippen molar-refractivity contribution in [3.05, 3.63) is 53.6 Å². The summed E-state index contributed by atoms with van der Waals surface area (Å²) in [5.74, 6) is 0.896. The van der Waals surface area contributed by atoms with Crippen molar-refractivity contribution >= 4 is 17.6 Å². The molecule has 2 rings (SSSR count). The van der Waals surface area contributed by atoms with E-state index < -0.39 is 0 Å². The monoisotopic (exact) mass is 283 g/mol. The molecule has 0 heterocycles. The number of carbonyl (C=O) groups excluding carboxylic acids is 2. The van der Waals surface area contributed by atoms with E-state index in [-0.39, 0.29) is 5.78 Å². The molecular formula is C16H13NO4. The standard InChI is InChI=1S/C16H13NO4/c1-20-14-8-5-12(9-15(14)21-2)16(19)11-3-6-13(7-4-11)17-10-18/h3-9H,1-2H3. The summed E-state index contributed by atoms with van der Waals surface area (Å²) in [5, 5.41) is 0. The van der Waals surface area contributed by atoms with E-state index in [9.17, 15) is 9.59 Å². The summed E-state index contributed by atoms with van der Waals surface area (Å²) in [6.07, 6.45) is 1.45. The summed E-state index contributed by atoms with van der Waals surface area (Å²) in [6.45, 7) is 0. The molecule has 0 aliphatic carbocycles. The number of methoxy groups -OCH3 is 2. The predicted molar refractivity (Wildman–Crippen MR) is 77.2 cm³/mol. The third-order valence-electron chi connectivity index (χ3n) is 2.95. The highest BCUT2D eigenvalue weighted by molar-refractivity contribution is 6.09. The number of ketones is 1. The van der Waals surface area contributed by atoms with Crippen molar-refractivity contribution < 1.29 is 19.1 Å². The number of hydrogen-bond donors (Lipinski definition) is 0. The van der Waals surface area contributed by atoms with Crippen LogP contribution < -0.4 is 9.47 Å². The summed E-state index contributed by atoms with van der Waals surface area (Å²) < 4.78 is 10.3. The second-order valence-electron chi connectivity index (χ2n) is 4.15. The molecule has 21 heavy (non-hydrogen) atoms. The molecule has 5 heteroatoms. The minimum atomic E-state index is -0.155. The first-order chi connectivity index (χ1) is 10.2. The van der Waals surface area contributed by atoms with Crippen molar-refractivity contribution in [1.82, 2.24) is 0 Å². The Morgan fingerprint density at radius 3 is 2.14 bits per heavy atom. The van der Waals surface area contributed by atoms with E-state index in [0.29, 0.717) is 28.3 Å². The Balaban J connectivity index is 2.33. The average molecular weight is 283 g/mol. The third-order valence-corrected chi connectivity index (χ3v) is 2.95. The molecule has 106 valence electrons. The third kappa shape index (κ3) is 3.16. The average Bonchev–Trinajstić information content (AvgIpc) is 2.54. The molecule has 0 fully saturated rings. The maximum Gasteiger partial charge on any atom is 0.240 e. The van der Waals surface area contributed by atoms with Crippen LogP contribution in [0.4, 0.5) is 5.69 Å². The Bertz CT molecular complexity index is 701. The van der Waals surface area contributed by atoms with Crippen LogP contribution in [0.2, 0.25) is 0 Å². The van der Waals surface area contributed by atoms with Crippen molar-refractivity contribution in [3.63, 3.8) is 0 Å². The summed E-state index contributed by atoms with van der Waals surface area (Å²) in [6, 6.07) is 11.3. The Morgan fingerprint density at radius 2 is 1.57 bits per heavy atom. The molecule has 2 aromatic carbocycles. The quantitative estimate of drug-likeness (QED) is 0.481. The van der Waals surface area contributed by atoms with Gasteiger partial charge in [0.2, 0.25) is 6.08 Å². The molecule has 0 radical (unpaired) electrons. The smallest absolute Gasteiger partial charge is 0.240 e. The number of ether oxygens (including phenoxy) is 2. The molecule has 0 saturated heterocycles. The Labute approximate surface area is 121 Å². The van der Waals surface area contributed by atoms with Crippen LogP contribution in [0.3, 0.4) is 0 Å². The van der Waals surface area contributed by atoms with Gasteiger partial charge in [-0.2, -0.15) is 4.99 Å². The van der Waals surface area contributed by atoms with Gasteiger partial charge >= 0.3 is 0 Å². The van der Waals surface area contributed by atoms with Gasteiger partial charge < -0.3 is 9.47 Å². The van der Waals surface area contributed by atoms with E-state index in [1.165, 1.54) is 20.3 Å². The van der Waals surface area contributed by atoms with E-state index in [4.69, 9.17) is 9.47 Å². The second kappa shape index (κ2) is 6.50. The topological polar surface area (TPSA) is 65.0 Å². The fourth-order valence-electron chi connectivity index (χ4n) is 1.88. The van der Waals surface area contributed by atoms with E-state index in [1.807, 2.05) is 0 Å². The van der Waals surface area contributed by atoms with Crippen molar-refractivity contribution in [1.29, 1.82) is 0 Å². The Hall–Kier alpha value is -2.91. The van der Waals surface area contributed by atoms with Gasteiger partial charge in [0.25, 0.3) is 0 Å². The zero-order valence-corrected chi connectivity index (χ0v) is 11.6. The lowest BCUT2D eigenvalue weighted by Crippen LogP contribution is -2.02. The zero-order chi connectivity index (χ0) is 15.2. The molecule has 0 N–H and O–H groups in total. The minimum Gasteiger partial charge on any atom is -0.493 e. The van der Waals surface area contributed by atoms with Crippen molar-refractivity contribution in [3.8, 4) is 11.5 Å². The summed E-state index contributed by atoms with van der Waals surface area (Å²) in [4.78, 5) is 26.0. The maximum atomic E-state index is 12.4. The molecular weight excluding hydrogens is 270 g/mol. The first-order valence-electron chi connectivity index (χ1n) is 6.14. The highest BCUT2D eigenvalue weighted by Crippen LogP contribution is 2.28. The molecule has 2 aromatic rings. The van der Waals surface area contributed by atoms with Crippen LogP contribution in [0.25, 0.3) is 0 Å². The minimum absolute atomic E-state index is 0.155. The Morgan fingerprint density at radius 1 is 0.952 bits per heavy atom. The van der Waals surface area contributed by atoms with Crippen LogP contribution >= 0.6 is 0 Å². The van der Waals surface area contributed by atoms with Gasteiger partial charge in [0.15, 0.2) is 17.3 Å². The van der Waals surface area contributed by atoms with Crippen molar-refractivity contribution in [2.24, 2.45) is 4.99 Å². The van der Waals surface area contributed by atoms with Gasteiger partial charge in [0, 0.05) is 11.1 Å². The lowest BCUT2D eigenvalue weighted by molar-refractivity contribution is 0.103. The van der Waals surface area contributed by atoms with Crippen LogP contribution in [0.1, 0.15) is 15.9 Å². The molecule has 0 aliphatic rings. The predicted octanol–water partition coefficient (Wildman–Crippen LogP) is 2.90. The van der Waals surface area contributed by atoms with Crippen LogP contribution in [0.15, 0.2) is 47.5 Å². The van der Waals surface area contributed by atoms with E-state index >= 15 is 0 Å². The largest absolute Gasteiger partial charge is 0.493 e. The van der Waals surface area contributed by atoms with Gasteiger partial charge in [-0.1, -0.05) is 0 Å². The van der Waals surface area contributed by atoms with E-state index in [2.05, 4.69) is 4.99 Å². The molecule has 5 nitrogen and oxygen atoms in total. The lowest BCUT2D eigenvalue weighted by Gasteiger charge is -2.09. The van der Waals surface area contributed by atoms with E-state index in [1.54, 1.807) is 42.5 Å². The van der Waals surface area contributed by atoms with Crippen molar-refractivity contribution in [2.75, 3.05) is 14.2 Å². The van der Waals surface area contributed by atoms with Crippen LogP contribution in [-0.4, -0.2) is 26.1 Å². The number of isocyanates is 1. The summed E-state index contributed by atoms with van der Waals surface area (Å²) in [7, 11) is 3.05. The summed E-state index contributed by atoms with van der Waals surface area (Å²) >= 11 is 0. The SMILES string of the molecule is COc1ccc(C(=O)c2ccc(N=C=O)cc2)cc1OC. The fourth-order valence-corrected chi connectivity index (χ4v) is 1.88. The molecule has 0 unspecified atom stereocenters. The molecule has 0 atom stereocenters. The number of benzene rings is 2. The number of nitrogens with zero attached hydrogens (tertiary/aromatic N) is 1. The van der Waals surface area contributed by atoms with E-state index in [0.717, 1.165) is 0 Å². The number of aliphatic imine (C=N–C) groups is 1. The number of hydrogen-bond acceptors (Lipinski definition) is 5. The molecule has 0 amide bonds. The molecule has 0 aromatic heterocycles. The maximum absolute atomic E-state index is 12.4. The highest BCUT2D eigenvalue weighted by atomic mass is 16.5. The van der Waals surface area contributed by atoms with Gasteiger partial charge in [-0.15, -0.1) is 0 Å². The molecule has 0 aliphatic heterocycles. The molecule has 0 bridgehead atoms. The van der Waals surface area contributed by atoms with Gasteiger partial charge in [0.05, 0.1) is 19.9 Å². The molecule has 0 saturated carbocycles. The van der Waals surface area contributed by atoms with Gasteiger partial charge in [-0.25, -0.2) is 4.79 Å². The highest BCUT2D eigenvalue weighted by Gasteiger charge is 2.12. The van der Waals surface area contributed by atoms with Crippen LogP contribution in [-0.2, 0) is 4.79 Å². The zero-order valence-electron chi connectivity index (χ0n) is 11.6. The number of rotatable bonds is 5. The molecule has 0 spiro atoms. The first-order valence-corrected chi connectivity index (χ1v) is 6.14. The number of carbonyl (C=O) groups is 1. The van der Waals surface area contributed by atoms with Crippen LogP contribution in [0.5, 0.6) is 11.5 Å². The van der Waals surface area contributed by atoms with Gasteiger partial charge in [0.1, 0.15) is 0 Å². The fraction of sp³-hybridized carbons (Fsp3) is 0.125. The van der Waals surface area contributed by atoms with Crippen LogP contribution in [0, 0.1) is 0 Å². The van der Waals surface area contributed by atoms with Gasteiger partial charge in [-0.05, 0) is 42.5 Å². The van der Waals surface area contributed by atoms with Gasteiger partial charge in [-0.3, -0.25) is 4.79 Å². The first kappa shape index (κ1) is 14.5. The van der Waals surface area contributed by atoms with Crippen molar-refractivity contribution in [2.45, 2.75) is 0 Å². The Kier molecular flexibility index (Phi) is 4.49.